The van der Waals surface area contributed by atoms with Gasteiger partial charge in [-0.25, -0.2) is 0 Å². The molecular weight excluding hydrogens is 300 g/mol. The first-order valence-corrected chi connectivity index (χ1v) is 5.81. The summed E-state index contributed by atoms with van der Waals surface area (Å²) in [6, 6.07) is -2.15. The zero-order valence-electron chi connectivity index (χ0n) is 11.0. The summed E-state index contributed by atoms with van der Waals surface area (Å²) in [6.45, 7) is -0.783. The van der Waals surface area contributed by atoms with Gasteiger partial charge in [-0.15, -0.1) is 0 Å². The molecule has 12 heteroatoms. The van der Waals surface area contributed by atoms with Gasteiger partial charge in [0.15, 0.2) is 9.95 Å². The maximum Gasteiger partial charge on any atom is 0.429 e. The molecule has 0 aliphatic carbocycles. The molecule has 0 bridgehead atoms. The monoisotopic (exact) mass is 312 g/mol. The maximum absolute atomic E-state index is 11.7. The van der Waals surface area contributed by atoms with E-state index >= 15 is 0 Å². The van der Waals surface area contributed by atoms with E-state index in [1.807, 2.05) is 0 Å². The number of hydrogen-bond acceptors (Lipinski definition) is 8. The Balaban J connectivity index is 2.51. The van der Waals surface area contributed by atoms with Crippen LogP contribution < -0.4 is 10.6 Å². The van der Waals surface area contributed by atoms with Crippen molar-refractivity contribution in [2.75, 3.05) is 13.2 Å². The molecule has 0 aromatic heterocycles. The fraction of sp³-hybridized carbons (Fsp3) is 0.400. The Morgan fingerprint density at radius 2 is 1.36 bits per heavy atom. The molecule has 116 valence electrons. The van der Waals surface area contributed by atoms with Crippen molar-refractivity contribution in [3.05, 3.63) is 34.2 Å². The largest absolute Gasteiger partial charge is 0.476 e. The number of hydrogen-bond donors (Lipinski definition) is 4. The van der Waals surface area contributed by atoms with Crippen LogP contribution in [0.2, 0.25) is 0 Å². The van der Waals surface area contributed by atoms with Crippen LogP contribution >= 0.6 is 0 Å². The molecule has 1 rings (SSSR count). The minimum Gasteiger partial charge on any atom is -0.476 e. The van der Waals surface area contributed by atoms with Gasteiger partial charge in [-0.1, -0.05) is 0 Å². The Morgan fingerprint density at radius 1 is 1.00 bits per heavy atom. The first kappa shape index (κ1) is 16.5. The molecule has 4 N–H and O–H groups in total. The lowest BCUT2D eigenvalue weighted by Gasteiger charge is -2.28. The molecule has 0 aromatic rings. The first-order valence-electron chi connectivity index (χ1n) is 5.81. The SMILES string of the molecule is N#[N+]C=C(O)OCC1NC(=O)C(COC(O)=C[N+]#N)NC1=O. The Morgan fingerprint density at radius 3 is 1.68 bits per heavy atom. The molecule has 0 saturated carbocycles. The number of nitrogens with zero attached hydrogens (tertiary/aromatic N) is 4. The highest BCUT2D eigenvalue weighted by Gasteiger charge is 2.35. The lowest BCUT2D eigenvalue weighted by Crippen LogP contribution is -2.64. The molecule has 1 aliphatic rings. The normalized spacial score (nSPS) is 21.9. The minimum absolute atomic E-state index is 0.391. The maximum atomic E-state index is 11.7. The quantitative estimate of drug-likeness (QED) is 0.372. The molecule has 12 nitrogen and oxygen atoms in total. The summed E-state index contributed by atoms with van der Waals surface area (Å²) in [4.78, 5) is 28.5. The van der Waals surface area contributed by atoms with Crippen LogP contribution in [0.5, 0.6) is 0 Å². The van der Waals surface area contributed by atoms with Crippen LogP contribution in [0.1, 0.15) is 0 Å². The van der Waals surface area contributed by atoms with Crippen molar-refractivity contribution in [2.45, 2.75) is 12.1 Å². The van der Waals surface area contributed by atoms with Crippen LogP contribution in [0, 0.1) is 10.8 Å². The molecule has 0 spiro atoms. The second-order valence-corrected chi connectivity index (χ2v) is 3.91. The third kappa shape index (κ3) is 4.86. The van der Waals surface area contributed by atoms with Gasteiger partial charge < -0.3 is 30.3 Å². The molecule has 2 amide bonds. The van der Waals surface area contributed by atoms with Crippen molar-refractivity contribution in [3.63, 3.8) is 0 Å². The molecule has 2 unspecified atom stereocenters. The molecule has 0 aromatic carbocycles. The van der Waals surface area contributed by atoms with Gasteiger partial charge in [-0.3, -0.25) is 9.59 Å². The summed E-state index contributed by atoms with van der Waals surface area (Å²) in [7, 11) is 0. The average molecular weight is 312 g/mol. The second kappa shape index (κ2) is 7.91. The van der Waals surface area contributed by atoms with E-state index in [0.29, 0.717) is 12.4 Å². The Labute approximate surface area is 123 Å². The van der Waals surface area contributed by atoms with Crippen LogP contribution in [0.3, 0.4) is 0 Å². The summed E-state index contributed by atoms with van der Waals surface area (Å²) in [5, 5.41) is 39.0. The molecule has 1 aliphatic heterocycles. The molecule has 2 atom stereocenters. The Bertz CT molecular complexity index is 536. The van der Waals surface area contributed by atoms with E-state index in [4.69, 9.17) is 21.0 Å². The van der Waals surface area contributed by atoms with Crippen molar-refractivity contribution in [1.29, 1.82) is 10.8 Å². The van der Waals surface area contributed by atoms with Crippen molar-refractivity contribution < 1.29 is 29.3 Å². The number of ether oxygens (including phenoxy) is 2. The minimum atomic E-state index is -1.07. The highest BCUT2D eigenvalue weighted by molar-refractivity contribution is 5.97. The first-order chi connectivity index (χ1) is 10.5. The van der Waals surface area contributed by atoms with Gasteiger partial charge >= 0.3 is 24.3 Å². The van der Waals surface area contributed by atoms with Crippen LogP contribution in [-0.4, -0.2) is 47.3 Å². The number of aliphatic hydroxyl groups excluding tert-OH is 2. The van der Waals surface area contributed by atoms with Crippen LogP contribution in [0.4, 0.5) is 0 Å². The summed E-state index contributed by atoms with van der Waals surface area (Å²) in [6.07, 6.45) is 1.20. The number of rotatable bonds is 6. The zero-order chi connectivity index (χ0) is 16.5. The number of amides is 2. The lowest BCUT2D eigenvalue weighted by molar-refractivity contribution is -0.139. The van der Waals surface area contributed by atoms with Crippen LogP contribution in [0.15, 0.2) is 24.3 Å². The smallest absolute Gasteiger partial charge is 0.429 e. The van der Waals surface area contributed by atoms with Gasteiger partial charge in [0.05, 0.1) is 0 Å². The molecule has 1 heterocycles. The lowest BCUT2D eigenvalue weighted by atomic mass is 10.1. The average Bonchev–Trinajstić information content (AvgIpc) is 2.47. The fourth-order valence-corrected chi connectivity index (χ4v) is 1.42. The summed E-state index contributed by atoms with van der Waals surface area (Å²) in [5.41, 5.74) is 0. The van der Waals surface area contributed by atoms with Crippen LogP contribution in [0.25, 0.3) is 9.95 Å². The van der Waals surface area contributed by atoms with Crippen LogP contribution in [-0.2, 0) is 19.1 Å². The number of aliphatic hydroxyl groups is 2. The predicted octanol–water partition coefficient (Wildman–Crippen LogP) is -0.577. The highest BCUT2D eigenvalue weighted by Crippen LogP contribution is 2.03. The second-order valence-electron chi connectivity index (χ2n) is 3.91. The van der Waals surface area contributed by atoms with Crippen molar-refractivity contribution >= 4 is 11.8 Å². The molecule has 0 radical (unpaired) electrons. The van der Waals surface area contributed by atoms with Gasteiger partial charge in [0.2, 0.25) is 22.6 Å². The fourth-order valence-electron chi connectivity index (χ4n) is 1.42. The van der Waals surface area contributed by atoms with Gasteiger partial charge in [0.25, 0.3) is 0 Å². The van der Waals surface area contributed by atoms with E-state index in [9.17, 15) is 9.59 Å². The van der Waals surface area contributed by atoms with Gasteiger partial charge in [0.1, 0.15) is 25.3 Å². The highest BCUT2D eigenvalue weighted by atomic mass is 16.6. The van der Waals surface area contributed by atoms with Gasteiger partial charge in [0, 0.05) is 0 Å². The number of carbonyl (C=O) groups is 2. The van der Waals surface area contributed by atoms with E-state index in [-0.39, 0.29) is 0 Å². The molecule has 22 heavy (non-hydrogen) atoms. The number of piperazine rings is 1. The number of nitrogens with one attached hydrogen (secondary N) is 2. The molecular formula is C10H12N6O6+2. The number of diazo groups is 2. The zero-order valence-corrected chi connectivity index (χ0v) is 11.0. The molecule has 1 fully saturated rings. The standard InChI is InChI=1S/C10H10N6O6/c11-13-1-7(17)21-3-5-9(19)16-6(10(20)15-5)4-22-8(18)2-14-12/h1-2,5-6H,3-4H2,(H2-2,15,16,17,18,19,20)/p+2. The number of carbonyl (C=O) groups excluding carboxylic acids is 2. The van der Waals surface area contributed by atoms with E-state index in [1.54, 1.807) is 0 Å². The molecule has 1 saturated heterocycles. The van der Waals surface area contributed by atoms with E-state index in [0.717, 1.165) is 0 Å². The van der Waals surface area contributed by atoms with Crippen molar-refractivity contribution in [1.82, 2.24) is 10.6 Å². The Hall–Kier alpha value is -3.54. The van der Waals surface area contributed by atoms with Crippen molar-refractivity contribution in [2.24, 2.45) is 0 Å². The van der Waals surface area contributed by atoms with E-state index in [2.05, 4.69) is 30.1 Å². The predicted molar refractivity (Wildman–Crippen MR) is 67.4 cm³/mol. The summed E-state index contributed by atoms with van der Waals surface area (Å²) in [5.74, 6) is -2.70. The van der Waals surface area contributed by atoms with E-state index < -0.39 is 49.0 Å². The van der Waals surface area contributed by atoms with Crippen molar-refractivity contribution in [3.8, 4) is 0 Å². The summed E-state index contributed by atoms with van der Waals surface area (Å²) < 4.78 is 9.35. The third-order valence-electron chi connectivity index (χ3n) is 2.40. The summed E-state index contributed by atoms with van der Waals surface area (Å²) >= 11 is 0. The van der Waals surface area contributed by atoms with Gasteiger partial charge in [-0.2, -0.15) is 0 Å². The third-order valence-corrected chi connectivity index (χ3v) is 2.40. The van der Waals surface area contributed by atoms with E-state index in [1.165, 1.54) is 0 Å². The van der Waals surface area contributed by atoms with Gasteiger partial charge in [-0.05, 0) is 0 Å². The topological polar surface area (TPSA) is 173 Å². The Kier molecular flexibility index (Phi) is 5.94.